The monoisotopic (exact) mass is 262 g/mol. The number of rotatable bonds is 3. The van der Waals surface area contributed by atoms with Crippen LogP contribution in [0.5, 0.6) is 0 Å². The molecule has 1 aliphatic rings. The largest absolute Gasteiger partial charge is 0.337 e. The third-order valence-corrected chi connectivity index (χ3v) is 3.64. The zero-order valence-electron chi connectivity index (χ0n) is 11.9. The average molecular weight is 262 g/mol. The van der Waals surface area contributed by atoms with Crippen LogP contribution < -0.4 is 5.32 Å². The number of nitrogens with one attached hydrogen (secondary N) is 1. The fourth-order valence-corrected chi connectivity index (χ4v) is 2.53. The molecule has 5 nitrogen and oxygen atoms in total. The van der Waals surface area contributed by atoms with Gasteiger partial charge in [-0.05, 0) is 25.8 Å². The Balaban J connectivity index is 2.19. The topological polar surface area (TPSA) is 58.1 Å². The third-order valence-electron chi connectivity index (χ3n) is 3.64. The molecular weight excluding hydrogens is 240 g/mol. The van der Waals surface area contributed by atoms with E-state index in [4.69, 9.17) is 0 Å². The summed E-state index contributed by atoms with van der Waals surface area (Å²) < 4.78 is 0. The van der Waals surface area contributed by atoms with Crippen molar-refractivity contribution in [3.05, 3.63) is 23.8 Å². The molecule has 1 aliphatic heterocycles. The highest BCUT2D eigenvalue weighted by Crippen LogP contribution is 2.19. The number of likely N-dealkylation sites (N-methyl/N-ethyl adjacent to an activating group) is 1. The molecule has 1 saturated heterocycles. The summed E-state index contributed by atoms with van der Waals surface area (Å²) in [6, 6.07) is 0.393. The molecule has 1 aromatic rings. The molecule has 0 bridgehead atoms. The predicted octanol–water partition coefficient (Wildman–Crippen LogP) is 1.42. The van der Waals surface area contributed by atoms with E-state index in [2.05, 4.69) is 15.3 Å². The third kappa shape index (κ3) is 3.10. The Morgan fingerprint density at radius 1 is 1.53 bits per heavy atom. The highest BCUT2D eigenvalue weighted by Gasteiger charge is 2.26. The molecule has 2 rings (SSSR count). The molecule has 19 heavy (non-hydrogen) atoms. The van der Waals surface area contributed by atoms with Gasteiger partial charge in [0, 0.05) is 25.3 Å². The first-order chi connectivity index (χ1) is 9.13. The van der Waals surface area contributed by atoms with Crippen LogP contribution in [0, 0.1) is 0 Å². The number of hydrogen-bond donors (Lipinski definition) is 1. The van der Waals surface area contributed by atoms with Crippen LogP contribution in [0.15, 0.2) is 12.5 Å². The van der Waals surface area contributed by atoms with Crippen LogP contribution in [-0.2, 0) is 0 Å². The van der Waals surface area contributed by atoms with Crippen LogP contribution in [0.2, 0.25) is 0 Å². The number of hydrogen-bond acceptors (Lipinski definition) is 4. The van der Waals surface area contributed by atoms with Crippen molar-refractivity contribution in [1.29, 1.82) is 0 Å². The Kier molecular flexibility index (Phi) is 4.47. The second kappa shape index (κ2) is 6.10. The molecule has 2 heterocycles. The van der Waals surface area contributed by atoms with Gasteiger partial charge in [0.2, 0.25) is 0 Å². The van der Waals surface area contributed by atoms with E-state index in [1.807, 2.05) is 25.8 Å². The minimum atomic E-state index is 0.0595. The number of carbonyl (C=O) groups is 1. The Morgan fingerprint density at radius 3 is 3.00 bits per heavy atom. The van der Waals surface area contributed by atoms with E-state index < -0.39 is 0 Å². The Hall–Kier alpha value is -1.49. The Morgan fingerprint density at radius 2 is 2.32 bits per heavy atom. The number of piperidine rings is 1. The van der Waals surface area contributed by atoms with Crippen LogP contribution in [0.3, 0.4) is 0 Å². The molecule has 1 fully saturated rings. The first-order valence-corrected chi connectivity index (χ1v) is 6.90. The molecule has 104 valence electrons. The van der Waals surface area contributed by atoms with Gasteiger partial charge in [-0.2, -0.15) is 0 Å². The summed E-state index contributed by atoms with van der Waals surface area (Å²) in [5, 5.41) is 3.25. The Labute approximate surface area is 114 Å². The SMILES string of the molecule is CNC1CCCN(C(=O)c2cncnc2C(C)C)C1. The van der Waals surface area contributed by atoms with Crippen molar-refractivity contribution in [2.75, 3.05) is 20.1 Å². The van der Waals surface area contributed by atoms with Gasteiger partial charge < -0.3 is 10.2 Å². The number of carbonyl (C=O) groups excluding carboxylic acids is 1. The van der Waals surface area contributed by atoms with Crippen LogP contribution >= 0.6 is 0 Å². The minimum absolute atomic E-state index is 0.0595. The Bertz CT molecular complexity index is 447. The highest BCUT2D eigenvalue weighted by molar-refractivity contribution is 5.95. The molecule has 1 N–H and O–H groups in total. The zero-order valence-corrected chi connectivity index (χ0v) is 11.9. The molecule has 0 aliphatic carbocycles. The molecule has 1 atom stereocenters. The number of amides is 1. The standard InChI is InChI=1S/C14H22N4O/c1-10(2)13-12(7-16-9-17-13)14(19)18-6-4-5-11(8-18)15-3/h7,9-11,15H,4-6,8H2,1-3H3. The van der Waals surface area contributed by atoms with Crippen molar-refractivity contribution in [2.24, 2.45) is 0 Å². The molecule has 1 aromatic heterocycles. The molecule has 0 spiro atoms. The summed E-state index contributed by atoms with van der Waals surface area (Å²) in [7, 11) is 1.95. The van der Waals surface area contributed by atoms with Crippen LogP contribution in [-0.4, -0.2) is 47.0 Å². The van der Waals surface area contributed by atoms with Gasteiger partial charge in [0.1, 0.15) is 6.33 Å². The second-order valence-electron chi connectivity index (χ2n) is 5.36. The van der Waals surface area contributed by atoms with Gasteiger partial charge in [0.25, 0.3) is 5.91 Å². The van der Waals surface area contributed by atoms with Gasteiger partial charge in [-0.25, -0.2) is 9.97 Å². The maximum atomic E-state index is 12.6. The van der Waals surface area contributed by atoms with E-state index in [1.165, 1.54) is 6.33 Å². The molecular formula is C14H22N4O. The van der Waals surface area contributed by atoms with E-state index in [0.717, 1.165) is 31.6 Å². The first kappa shape index (κ1) is 13.9. The summed E-state index contributed by atoms with van der Waals surface area (Å²) in [5.74, 6) is 0.288. The van der Waals surface area contributed by atoms with Gasteiger partial charge in [-0.15, -0.1) is 0 Å². The van der Waals surface area contributed by atoms with E-state index in [1.54, 1.807) is 6.20 Å². The first-order valence-electron chi connectivity index (χ1n) is 6.90. The summed E-state index contributed by atoms with van der Waals surface area (Å²) >= 11 is 0. The maximum Gasteiger partial charge on any atom is 0.257 e. The molecule has 5 heteroatoms. The smallest absolute Gasteiger partial charge is 0.257 e. The highest BCUT2D eigenvalue weighted by atomic mass is 16.2. The lowest BCUT2D eigenvalue weighted by molar-refractivity contribution is 0.0695. The van der Waals surface area contributed by atoms with Crippen molar-refractivity contribution in [2.45, 2.75) is 38.6 Å². The van der Waals surface area contributed by atoms with Crippen molar-refractivity contribution in [1.82, 2.24) is 20.2 Å². The van der Waals surface area contributed by atoms with Gasteiger partial charge in [0.15, 0.2) is 0 Å². The fourth-order valence-electron chi connectivity index (χ4n) is 2.53. The van der Waals surface area contributed by atoms with E-state index in [9.17, 15) is 4.79 Å². The van der Waals surface area contributed by atoms with Crippen LogP contribution in [0.4, 0.5) is 0 Å². The van der Waals surface area contributed by atoms with E-state index >= 15 is 0 Å². The second-order valence-corrected chi connectivity index (χ2v) is 5.36. The quantitative estimate of drug-likeness (QED) is 0.895. The summed E-state index contributed by atoms with van der Waals surface area (Å²) in [4.78, 5) is 22.8. The lowest BCUT2D eigenvalue weighted by Gasteiger charge is -2.33. The van der Waals surface area contributed by atoms with Crippen molar-refractivity contribution in [3.63, 3.8) is 0 Å². The molecule has 1 unspecified atom stereocenters. The van der Waals surface area contributed by atoms with E-state index in [0.29, 0.717) is 11.6 Å². The van der Waals surface area contributed by atoms with E-state index in [-0.39, 0.29) is 11.8 Å². The van der Waals surface area contributed by atoms with Gasteiger partial charge in [0.05, 0.1) is 11.3 Å². The molecule has 0 radical (unpaired) electrons. The normalized spacial score (nSPS) is 19.8. The van der Waals surface area contributed by atoms with Crippen molar-refractivity contribution in [3.8, 4) is 0 Å². The summed E-state index contributed by atoms with van der Waals surface area (Å²) in [6.07, 6.45) is 5.33. The maximum absolute atomic E-state index is 12.6. The van der Waals surface area contributed by atoms with Gasteiger partial charge >= 0.3 is 0 Å². The number of likely N-dealkylation sites (tertiary alicyclic amines) is 1. The number of nitrogens with zero attached hydrogens (tertiary/aromatic N) is 3. The average Bonchev–Trinajstić information content (AvgIpc) is 2.46. The molecule has 0 saturated carbocycles. The lowest BCUT2D eigenvalue weighted by Crippen LogP contribution is -2.47. The van der Waals surface area contributed by atoms with Gasteiger partial charge in [-0.1, -0.05) is 13.8 Å². The minimum Gasteiger partial charge on any atom is -0.337 e. The predicted molar refractivity (Wildman–Crippen MR) is 74.1 cm³/mol. The van der Waals surface area contributed by atoms with Crippen molar-refractivity contribution >= 4 is 5.91 Å². The van der Waals surface area contributed by atoms with Gasteiger partial charge in [-0.3, -0.25) is 4.79 Å². The summed E-state index contributed by atoms with van der Waals surface area (Å²) in [5.41, 5.74) is 1.49. The zero-order chi connectivity index (χ0) is 13.8. The number of aromatic nitrogens is 2. The molecule has 0 aromatic carbocycles. The molecule has 1 amide bonds. The van der Waals surface area contributed by atoms with Crippen LogP contribution in [0.25, 0.3) is 0 Å². The lowest BCUT2D eigenvalue weighted by atomic mass is 10.0. The van der Waals surface area contributed by atoms with Crippen molar-refractivity contribution < 1.29 is 4.79 Å². The van der Waals surface area contributed by atoms with Crippen LogP contribution in [0.1, 0.15) is 48.7 Å². The fraction of sp³-hybridized carbons (Fsp3) is 0.643. The summed E-state index contributed by atoms with van der Waals surface area (Å²) in [6.45, 7) is 5.68.